The predicted molar refractivity (Wildman–Crippen MR) is 84.5 cm³/mol. The maximum atomic E-state index is 11.8. The number of nitrogens with two attached hydrogens (primary N) is 1. The van der Waals surface area contributed by atoms with Crippen molar-refractivity contribution in [1.82, 2.24) is 0 Å². The average Bonchev–Trinajstić information content (AvgIpc) is 2.45. The largest absolute Gasteiger partial charge is 0.493 e. The van der Waals surface area contributed by atoms with E-state index < -0.39 is 0 Å². The zero-order chi connectivity index (χ0) is 15.0. The Morgan fingerprint density at radius 2 is 2.05 bits per heavy atom. The number of anilines is 1. The first-order valence-corrected chi connectivity index (χ1v) is 6.48. The number of carbonyl (C=O) groups is 1. The number of hydrogen-bond acceptors (Lipinski definition) is 5. The molecule has 0 aromatic heterocycles. The number of halogens is 1. The normalized spacial score (nSPS) is 11.2. The van der Waals surface area contributed by atoms with E-state index in [-0.39, 0.29) is 30.8 Å². The standard InChI is InChI=1S/C14H22N2O4.ClH/c1-4-20-13-7-10(5-6-12(13)19-3)16-14(17)8-11(9-15)18-2;/h5-7,11H,4,8-9,15H2,1-3H3,(H,16,17);1H. The lowest BCUT2D eigenvalue weighted by Crippen LogP contribution is -2.28. The predicted octanol–water partition coefficient (Wildman–Crippen LogP) is 1.82. The number of rotatable bonds is 8. The third-order valence-electron chi connectivity index (χ3n) is 2.76. The summed E-state index contributed by atoms with van der Waals surface area (Å²) in [5.74, 6) is 1.06. The monoisotopic (exact) mass is 318 g/mol. The second kappa shape index (κ2) is 10.3. The third-order valence-corrected chi connectivity index (χ3v) is 2.76. The van der Waals surface area contributed by atoms with Crippen molar-refractivity contribution < 1.29 is 19.0 Å². The molecule has 3 N–H and O–H groups in total. The van der Waals surface area contributed by atoms with E-state index >= 15 is 0 Å². The van der Waals surface area contributed by atoms with E-state index in [1.54, 1.807) is 25.3 Å². The number of nitrogens with one attached hydrogen (secondary N) is 1. The van der Waals surface area contributed by atoms with Crippen LogP contribution in [0.25, 0.3) is 0 Å². The van der Waals surface area contributed by atoms with Gasteiger partial charge in [0.2, 0.25) is 5.91 Å². The van der Waals surface area contributed by atoms with Crippen LogP contribution in [0.15, 0.2) is 18.2 Å². The molecule has 0 spiro atoms. The molecule has 1 atom stereocenters. The molecule has 0 aliphatic rings. The molecule has 7 heteroatoms. The van der Waals surface area contributed by atoms with Gasteiger partial charge < -0.3 is 25.3 Å². The summed E-state index contributed by atoms with van der Waals surface area (Å²) in [6.45, 7) is 2.71. The third kappa shape index (κ3) is 6.20. The molecule has 21 heavy (non-hydrogen) atoms. The highest BCUT2D eigenvalue weighted by atomic mass is 35.5. The fraction of sp³-hybridized carbons (Fsp3) is 0.500. The Labute approximate surface area is 131 Å². The fourth-order valence-corrected chi connectivity index (χ4v) is 1.70. The Hall–Kier alpha value is -1.50. The molecule has 0 radical (unpaired) electrons. The Kier molecular flexibility index (Phi) is 9.53. The Balaban J connectivity index is 0.00000400. The van der Waals surface area contributed by atoms with E-state index in [2.05, 4.69) is 5.32 Å². The van der Waals surface area contributed by atoms with Crippen LogP contribution in [0, 0.1) is 0 Å². The molecular formula is C14H23ClN2O4. The van der Waals surface area contributed by atoms with E-state index in [0.29, 0.717) is 30.3 Å². The quantitative estimate of drug-likeness (QED) is 0.764. The summed E-state index contributed by atoms with van der Waals surface area (Å²) in [7, 11) is 3.10. The van der Waals surface area contributed by atoms with Crippen LogP contribution in [-0.4, -0.2) is 39.4 Å². The Bertz CT molecular complexity index is 439. The molecule has 0 saturated carbocycles. The number of carbonyl (C=O) groups excluding carboxylic acids is 1. The van der Waals surface area contributed by atoms with Crippen molar-refractivity contribution in [3.63, 3.8) is 0 Å². The number of methoxy groups -OCH3 is 2. The summed E-state index contributed by atoms with van der Waals surface area (Å²) < 4.78 is 15.7. The van der Waals surface area contributed by atoms with Crippen molar-refractivity contribution in [1.29, 1.82) is 0 Å². The summed E-state index contributed by atoms with van der Waals surface area (Å²) in [6, 6.07) is 5.23. The van der Waals surface area contributed by atoms with Gasteiger partial charge in [0.05, 0.1) is 26.2 Å². The summed E-state index contributed by atoms with van der Waals surface area (Å²) in [5.41, 5.74) is 6.13. The number of benzene rings is 1. The second-order valence-electron chi connectivity index (χ2n) is 4.14. The van der Waals surface area contributed by atoms with Crippen molar-refractivity contribution in [2.75, 3.05) is 32.7 Å². The highest BCUT2D eigenvalue weighted by Crippen LogP contribution is 2.30. The molecule has 0 bridgehead atoms. The zero-order valence-corrected chi connectivity index (χ0v) is 13.4. The van der Waals surface area contributed by atoms with Crippen LogP contribution in [0.3, 0.4) is 0 Å². The van der Waals surface area contributed by atoms with Crippen molar-refractivity contribution in [2.45, 2.75) is 19.4 Å². The first-order chi connectivity index (χ1) is 9.64. The molecule has 0 aliphatic heterocycles. The molecule has 1 unspecified atom stereocenters. The minimum Gasteiger partial charge on any atom is -0.493 e. The van der Waals surface area contributed by atoms with Gasteiger partial charge in [0.1, 0.15) is 0 Å². The molecule has 1 aromatic rings. The minimum atomic E-state index is -0.278. The van der Waals surface area contributed by atoms with E-state index in [4.69, 9.17) is 19.9 Å². The maximum Gasteiger partial charge on any atom is 0.227 e. The number of amides is 1. The molecule has 6 nitrogen and oxygen atoms in total. The number of ether oxygens (including phenoxy) is 3. The van der Waals surface area contributed by atoms with Gasteiger partial charge >= 0.3 is 0 Å². The number of hydrogen-bond donors (Lipinski definition) is 2. The molecular weight excluding hydrogens is 296 g/mol. The van der Waals surface area contributed by atoms with Gasteiger partial charge in [-0.05, 0) is 19.1 Å². The molecule has 0 heterocycles. The van der Waals surface area contributed by atoms with Crippen molar-refractivity contribution in [2.24, 2.45) is 5.73 Å². The van der Waals surface area contributed by atoms with E-state index in [0.717, 1.165) is 0 Å². The van der Waals surface area contributed by atoms with Crippen molar-refractivity contribution in [3.8, 4) is 11.5 Å². The summed E-state index contributed by atoms with van der Waals surface area (Å²) in [6.07, 6.45) is -0.0668. The smallest absolute Gasteiger partial charge is 0.227 e. The van der Waals surface area contributed by atoms with E-state index in [1.165, 1.54) is 7.11 Å². The first kappa shape index (κ1) is 19.5. The highest BCUT2D eigenvalue weighted by Gasteiger charge is 2.12. The molecule has 1 amide bonds. The molecule has 0 saturated heterocycles. The molecule has 0 fully saturated rings. The van der Waals surface area contributed by atoms with Gasteiger partial charge in [-0.1, -0.05) is 0 Å². The van der Waals surface area contributed by atoms with Gasteiger partial charge in [-0.15, -0.1) is 12.4 Å². The van der Waals surface area contributed by atoms with Crippen LogP contribution in [0.4, 0.5) is 5.69 Å². The van der Waals surface area contributed by atoms with Crippen LogP contribution in [0.2, 0.25) is 0 Å². The van der Waals surface area contributed by atoms with Gasteiger partial charge in [0.25, 0.3) is 0 Å². The molecule has 120 valence electrons. The van der Waals surface area contributed by atoms with Gasteiger partial charge in [0, 0.05) is 25.4 Å². The van der Waals surface area contributed by atoms with Crippen LogP contribution in [0.1, 0.15) is 13.3 Å². The van der Waals surface area contributed by atoms with Gasteiger partial charge in [-0.2, -0.15) is 0 Å². The van der Waals surface area contributed by atoms with E-state index in [9.17, 15) is 4.79 Å². The summed E-state index contributed by atoms with van der Waals surface area (Å²) in [4.78, 5) is 11.8. The summed E-state index contributed by atoms with van der Waals surface area (Å²) >= 11 is 0. The fourth-order valence-electron chi connectivity index (χ4n) is 1.70. The summed E-state index contributed by atoms with van der Waals surface area (Å²) in [5, 5.41) is 2.78. The lowest BCUT2D eigenvalue weighted by Gasteiger charge is -2.14. The Morgan fingerprint density at radius 3 is 2.57 bits per heavy atom. The SMILES string of the molecule is CCOc1cc(NC(=O)CC(CN)OC)ccc1OC.Cl. The Morgan fingerprint density at radius 1 is 1.33 bits per heavy atom. The van der Waals surface area contributed by atoms with Gasteiger partial charge in [-0.3, -0.25) is 4.79 Å². The zero-order valence-electron chi connectivity index (χ0n) is 12.5. The highest BCUT2D eigenvalue weighted by molar-refractivity contribution is 5.91. The van der Waals surface area contributed by atoms with Crippen LogP contribution in [-0.2, 0) is 9.53 Å². The van der Waals surface area contributed by atoms with Crippen LogP contribution < -0.4 is 20.5 Å². The lowest BCUT2D eigenvalue weighted by molar-refractivity contribution is -0.118. The minimum absolute atomic E-state index is 0. The first-order valence-electron chi connectivity index (χ1n) is 6.48. The van der Waals surface area contributed by atoms with Crippen molar-refractivity contribution in [3.05, 3.63) is 18.2 Å². The van der Waals surface area contributed by atoms with Crippen LogP contribution in [0.5, 0.6) is 11.5 Å². The average molecular weight is 319 g/mol. The second-order valence-corrected chi connectivity index (χ2v) is 4.14. The van der Waals surface area contributed by atoms with Crippen LogP contribution >= 0.6 is 12.4 Å². The van der Waals surface area contributed by atoms with Crippen molar-refractivity contribution >= 4 is 24.0 Å². The van der Waals surface area contributed by atoms with E-state index in [1.807, 2.05) is 6.92 Å². The van der Waals surface area contributed by atoms with Gasteiger partial charge in [-0.25, -0.2) is 0 Å². The molecule has 1 rings (SSSR count). The maximum absolute atomic E-state index is 11.8. The lowest BCUT2D eigenvalue weighted by atomic mass is 10.2. The van der Waals surface area contributed by atoms with Gasteiger partial charge in [0.15, 0.2) is 11.5 Å². The topological polar surface area (TPSA) is 82.8 Å². The molecule has 0 aliphatic carbocycles. The molecule has 1 aromatic carbocycles.